The summed E-state index contributed by atoms with van der Waals surface area (Å²) in [4.78, 5) is 4.70. The molecule has 4 aromatic rings. The minimum absolute atomic E-state index is 0.848. The summed E-state index contributed by atoms with van der Waals surface area (Å²) in [5, 5.41) is 11.0. The number of pyridine rings is 1. The third-order valence-corrected chi connectivity index (χ3v) is 3.86. The van der Waals surface area contributed by atoms with E-state index in [1.165, 1.54) is 5.56 Å². The van der Waals surface area contributed by atoms with Crippen LogP contribution in [-0.4, -0.2) is 4.98 Å². The maximum atomic E-state index is 4.70. The van der Waals surface area contributed by atoms with Crippen LogP contribution in [0.15, 0.2) is 83.0 Å². The van der Waals surface area contributed by atoms with Crippen molar-refractivity contribution >= 4 is 33.2 Å². The monoisotopic (exact) mass is 297 g/mol. The van der Waals surface area contributed by atoms with Gasteiger partial charge in [-0.3, -0.25) is 0 Å². The third kappa shape index (κ3) is 2.57. The summed E-state index contributed by atoms with van der Waals surface area (Å²) in [5.74, 6) is 0. The van der Waals surface area contributed by atoms with Gasteiger partial charge in [0.25, 0.3) is 0 Å². The van der Waals surface area contributed by atoms with Gasteiger partial charge in [0.05, 0.1) is 16.7 Å². The fourth-order valence-electron chi connectivity index (χ4n) is 2.64. The number of hydrogen-bond donors (Lipinski definition) is 0. The normalized spacial score (nSPS) is 11.5. The highest BCUT2D eigenvalue weighted by Gasteiger charge is 2.07. The van der Waals surface area contributed by atoms with E-state index in [1.54, 1.807) is 0 Å². The summed E-state index contributed by atoms with van der Waals surface area (Å²) >= 11 is 0. The van der Waals surface area contributed by atoms with E-state index in [0.29, 0.717) is 0 Å². The Bertz CT molecular complexity index is 964. The fraction of sp³-hybridized carbons (Fsp3) is 0.0500. The number of fused-ring (bicyclic) bond motifs is 2. The molecule has 0 spiro atoms. The number of rotatable bonds is 2. The number of aryl methyl sites for hydroxylation is 1. The topological polar surface area (TPSA) is 37.6 Å². The minimum Gasteiger partial charge on any atom is -0.248 e. The largest absolute Gasteiger partial charge is 0.248 e. The molecule has 0 bridgehead atoms. The first-order valence-electron chi connectivity index (χ1n) is 7.57. The summed E-state index contributed by atoms with van der Waals surface area (Å²) in [6.07, 6.45) is 0. The molecule has 110 valence electrons. The molecule has 1 heterocycles. The zero-order chi connectivity index (χ0) is 15.6. The van der Waals surface area contributed by atoms with Crippen molar-refractivity contribution in [3.63, 3.8) is 0 Å². The Balaban J connectivity index is 1.93. The van der Waals surface area contributed by atoms with Crippen LogP contribution in [-0.2, 0) is 0 Å². The molecule has 0 unspecified atom stereocenters. The number of aromatic nitrogens is 1. The molecule has 0 saturated heterocycles. The highest BCUT2D eigenvalue weighted by Crippen LogP contribution is 2.34. The Kier molecular flexibility index (Phi) is 3.31. The fourth-order valence-corrected chi connectivity index (χ4v) is 2.64. The lowest BCUT2D eigenvalue weighted by Gasteiger charge is -2.05. The van der Waals surface area contributed by atoms with Crippen molar-refractivity contribution in [2.45, 2.75) is 6.92 Å². The summed E-state index contributed by atoms with van der Waals surface area (Å²) in [6, 6.07) is 24.1. The second-order valence-corrected chi connectivity index (χ2v) is 5.53. The number of benzene rings is 3. The summed E-state index contributed by atoms with van der Waals surface area (Å²) in [7, 11) is 0. The van der Waals surface area contributed by atoms with Crippen LogP contribution in [0.4, 0.5) is 11.4 Å². The minimum atomic E-state index is 0.848. The van der Waals surface area contributed by atoms with Crippen LogP contribution in [0.3, 0.4) is 0 Å². The van der Waals surface area contributed by atoms with Gasteiger partial charge in [-0.2, -0.15) is 5.11 Å². The van der Waals surface area contributed by atoms with Crippen molar-refractivity contribution in [2.75, 3.05) is 0 Å². The van der Waals surface area contributed by atoms with E-state index in [9.17, 15) is 0 Å². The molecule has 0 atom stereocenters. The molecule has 3 nitrogen and oxygen atoms in total. The van der Waals surface area contributed by atoms with Crippen molar-refractivity contribution in [3.05, 3.63) is 78.4 Å². The molecule has 3 heteroatoms. The standard InChI is InChI=1S/C20H15N3/c1-14-10-12-15(13-11-14)22-23-20-16-6-2-4-8-18(16)21-19-9-5-3-7-17(19)20/h2-13H,1H3. The molecule has 0 aliphatic rings. The Morgan fingerprint density at radius 2 is 1.22 bits per heavy atom. The third-order valence-electron chi connectivity index (χ3n) is 3.86. The number of hydrogen-bond acceptors (Lipinski definition) is 3. The predicted octanol–water partition coefficient (Wildman–Crippen LogP) is 6.11. The van der Waals surface area contributed by atoms with Gasteiger partial charge in [0, 0.05) is 10.8 Å². The number of para-hydroxylation sites is 2. The summed E-state index contributed by atoms with van der Waals surface area (Å²) < 4.78 is 0. The maximum absolute atomic E-state index is 4.70. The van der Waals surface area contributed by atoms with Crippen LogP contribution in [0.2, 0.25) is 0 Å². The van der Waals surface area contributed by atoms with Gasteiger partial charge in [0.15, 0.2) is 0 Å². The first kappa shape index (κ1) is 13.6. The van der Waals surface area contributed by atoms with E-state index in [0.717, 1.165) is 33.2 Å². The molecular formula is C20H15N3. The zero-order valence-electron chi connectivity index (χ0n) is 12.8. The molecule has 0 N–H and O–H groups in total. The second kappa shape index (κ2) is 5.61. The lowest BCUT2D eigenvalue weighted by Crippen LogP contribution is -1.83. The smallest absolute Gasteiger partial charge is 0.104 e. The summed E-state index contributed by atoms with van der Waals surface area (Å²) in [5.41, 5.74) is 4.80. The van der Waals surface area contributed by atoms with Gasteiger partial charge in [-0.05, 0) is 31.2 Å². The van der Waals surface area contributed by atoms with Gasteiger partial charge in [-0.25, -0.2) is 4.98 Å². The average Bonchev–Trinajstić information content (AvgIpc) is 2.60. The SMILES string of the molecule is Cc1ccc(N=Nc2c3ccccc3nc3ccccc23)cc1. The van der Waals surface area contributed by atoms with Crippen molar-refractivity contribution in [1.29, 1.82) is 0 Å². The highest BCUT2D eigenvalue weighted by molar-refractivity contribution is 6.05. The molecule has 1 aromatic heterocycles. The molecule has 0 aliphatic heterocycles. The van der Waals surface area contributed by atoms with Crippen LogP contribution >= 0.6 is 0 Å². The molecule has 0 fully saturated rings. The first-order chi connectivity index (χ1) is 11.3. The quantitative estimate of drug-likeness (QED) is 0.325. The maximum Gasteiger partial charge on any atom is 0.104 e. The highest BCUT2D eigenvalue weighted by atomic mass is 15.1. The Morgan fingerprint density at radius 3 is 1.83 bits per heavy atom. The van der Waals surface area contributed by atoms with Crippen molar-refractivity contribution in [1.82, 2.24) is 4.98 Å². The van der Waals surface area contributed by atoms with Gasteiger partial charge >= 0.3 is 0 Å². The molecule has 3 aromatic carbocycles. The predicted molar refractivity (Wildman–Crippen MR) is 94.6 cm³/mol. The number of nitrogens with zero attached hydrogens (tertiary/aromatic N) is 3. The van der Waals surface area contributed by atoms with Gasteiger partial charge < -0.3 is 0 Å². The molecule has 0 radical (unpaired) electrons. The van der Waals surface area contributed by atoms with Crippen LogP contribution in [0, 0.1) is 6.92 Å². The molecule has 0 aliphatic carbocycles. The Labute approximate surface area is 134 Å². The molecular weight excluding hydrogens is 282 g/mol. The van der Waals surface area contributed by atoms with E-state index >= 15 is 0 Å². The Morgan fingerprint density at radius 1 is 0.652 bits per heavy atom. The van der Waals surface area contributed by atoms with E-state index in [1.807, 2.05) is 72.8 Å². The van der Waals surface area contributed by atoms with E-state index in [-0.39, 0.29) is 0 Å². The Hall–Kier alpha value is -3.07. The summed E-state index contributed by atoms with van der Waals surface area (Å²) in [6.45, 7) is 2.06. The van der Waals surface area contributed by atoms with Crippen molar-refractivity contribution in [3.8, 4) is 0 Å². The van der Waals surface area contributed by atoms with E-state index in [4.69, 9.17) is 4.98 Å². The molecule has 0 saturated carbocycles. The van der Waals surface area contributed by atoms with Gasteiger partial charge in [-0.1, -0.05) is 54.1 Å². The molecule has 4 rings (SSSR count). The molecule has 0 amide bonds. The van der Waals surface area contributed by atoms with Crippen LogP contribution in [0.25, 0.3) is 21.8 Å². The lowest BCUT2D eigenvalue weighted by atomic mass is 10.1. The van der Waals surface area contributed by atoms with Gasteiger partial charge in [0.2, 0.25) is 0 Å². The average molecular weight is 297 g/mol. The second-order valence-electron chi connectivity index (χ2n) is 5.53. The zero-order valence-corrected chi connectivity index (χ0v) is 12.8. The number of azo groups is 1. The van der Waals surface area contributed by atoms with Crippen LogP contribution in [0.1, 0.15) is 5.56 Å². The van der Waals surface area contributed by atoms with Gasteiger partial charge in [-0.15, -0.1) is 5.11 Å². The van der Waals surface area contributed by atoms with Crippen LogP contribution in [0.5, 0.6) is 0 Å². The van der Waals surface area contributed by atoms with Crippen molar-refractivity contribution < 1.29 is 0 Å². The van der Waals surface area contributed by atoms with Crippen LogP contribution < -0.4 is 0 Å². The van der Waals surface area contributed by atoms with E-state index < -0.39 is 0 Å². The first-order valence-corrected chi connectivity index (χ1v) is 7.57. The van der Waals surface area contributed by atoms with Crippen molar-refractivity contribution in [2.24, 2.45) is 10.2 Å². The molecule has 23 heavy (non-hydrogen) atoms. The lowest BCUT2D eigenvalue weighted by molar-refractivity contribution is 1.24. The van der Waals surface area contributed by atoms with E-state index in [2.05, 4.69) is 17.2 Å². The van der Waals surface area contributed by atoms with Gasteiger partial charge in [0.1, 0.15) is 5.69 Å².